The summed E-state index contributed by atoms with van der Waals surface area (Å²) >= 11 is 0. The second kappa shape index (κ2) is 10.7. The number of benzene rings is 2. The highest BCUT2D eigenvalue weighted by Crippen LogP contribution is 2.44. The molecule has 2 aromatic rings. The van der Waals surface area contributed by atoms with Crippen LogP contribution in [0.25, 0.3) is 11.1 Å². The molecule has 8 heteroatoms. The molecule has 1 saturated heterocycles. The van der Waals surface area contributed by atoms with Gasteiger partial charge in [0.05, 0.1) is 6.61 Å². The van der Waals surface area contributed by atoms with E-state index in [1.54, 1.807) is 0 Å². The molecule has 1 atom stereocenters. The van der Waals surface area contributed by atoms with Crippen molar-refractivity contribution < 1.29 is 29.0 Å². The standard InChI is InChI=1S/C26H30N2O6/c29-23(30)12-2-1-7-14-27-24(31)26(13-15-33-17-26)28-25(32)34-16-22-20-10-5-3-8-18(20)19-9-4-6-11-21(19)22/h3-6,8-11,22H,1-2,7,12-17H2,(H,27,31)(H,28,32)(H,29,30). The van der Waals surface area contributed by atoms with E-state index in [2.05, 4.69) is 34.9 Å². The average molecular weight is 467 g/mol. The Balaban J connectivity index is 1.32. The first-order valence-corrected chi connectivity index (χ1v) is 11.7. The summed E-state index contributed by atoms with van der Waals surface area (Å²) in [5, 5.41) is 14.3. The predicted molar refractivity (Wildman–Crippen MR) is 125 cm³/mol. The number of rotatable bonds is 10. The predicted octanol–water partition coefficient (Wildman–Crippen LogP) is 3.45. The third-order valence-corrected chi connectivity index (χ3v) is 6.49. The summed E-state index contributed by atoms with van der Waals surface area (Å²) < 4.78 is 11.0. The van der Waals surface area contributed by atoms with Crippen LogP contribution >= 0.6 is 0 Å². The molecule has 3 N–H and O–H groups in total. The number of aliphatic carboxylic acids is 1. The Hall–Kier alpha value is -3.39. The van der Waals surface area contributed by atoms with Crippen molar-refractivity contribution in [2.45, 2.75) is 43.6 Å². The Morgan fingerprint density at radius 2 is 1.68 bits per heavy atom. The van der Waals surface area contributed by atoms with Crippen molar-refractivity contribution in [2.24, 2.45) is 0 Å². The number of ether oxygens (including phenoxy) is 2. The van der Waals surface area contributed by atoms with Gasteiger partial charge in [-0.3, -0.25) is 9.59 Å². The summed E-state index contributed by atoms with van der Waals surface area (Å²) in [6.45, 7) is 1.03. The van der Waals surface area contributed by atoms with Crippen molar-refractivity contribution in [3.05, 3.63) is 59.7 Å². The third kappa shape index (κ3) is 5.22. The fourth-order valence-electron chi connectivity index (χ4n) is 4.68. The quantitative estimate of drug-likeness (QED) is 0.462. The lowest BCUT2D eigenvalue weighted by molar-refractivity contribution is -0.137. The maximum absolute atomic E-state index is 12.9. The molecule has 0 saturated carbocycles. The van der Waals surface area contributed by atoms with Gasteiger partial charge in [-0.1, -0.05) is 55.0 Å². The van der Waals surface area contributed by atoms with Crippen molar-refractivity contribution >= 4 is 18.0 Å². The highest BCUT2D eigenvalue weighted by molar-refractivity contribution is 5.90. The number of hydrogen-bond acceptors (Lipinski definition) is 5. The molecule has 180 valence electrons. The van der Waals surface area contributed by atoms with Crippen LogP contribution in [0, 0.1) is 0 Å². The van der Waals surface area contributed by atoms with Crippen molar-refractivity contribution in [2.75, 3.05) is 26.4 Å². The number of carboxylic acids is 1. The van der Waals surface area contributed by atoms with E-state index in [1.165, 1.54) is 0 Å². The van der Waals surface area contributed by atoms with Crippen LogP contribution in [0.4, 0.5) is 4.79 Å². The van der Waals surface area contributed by atoms with E-state index in [0.717, 1.165) is 22.3 Å². The van der Waals surface area contributed by atoms with Crippen molar-refractivity contribution in [1.29, 1.82) is 0 Å². The van der Waals surface area contributed by atoms with Gasteiger partial charge >= 0.3 is 12.1 Å². The van der Waals surface area contributed by atoms with E-state index in [1.807, 2.05) is 24.3 Å². The van der Waals surface area contributed by atoms with Crippen LogP contribution in [0.15, 0.2) is 48.5 Å². The van der Waals surface area contributed by atoms with E-state index in [0.29, 0.717) is 38.8 Å². The van der Waals surface area contributed by atoms with E-state index < -0.39 is 17.6 Å². The Kier molecular flexibility index (Phi) is 7.47. The molecule has 34 heavy (non-hydrogen) atoms. The van der Waals surface area contributed by atoms with Crippen LogP contribution in [0.1, 0.15) is 49.1 Å². The molecule has 1 aliphatic heterocycles. The molecule has 2 amide bonds. The number of unbranched alkanes of at least 4 members (excludes halogenated alkanes) is 2. The SMILES string of the molecule is O=C(O)CCCCCNC(=O)C1(NC(=O)OCC2c3ccccc3-c3ccccc32)CCOC1. The molecule has 2 aromatic carbocycles. The number of hydrogen-bond donors (Lipinski definition) is 3. The number of carbonyl (C=O) groups is 3. The number of nitrogens with one attached hydrogen (secondary N) is 2. The van der Waals surface area contributed by atoms with Gasteiger partial charge in [0.15, 0.2) is 0 Å². The third-order valence-electron chi connectivity index (χ3n) is 6.49. The lowest BCUT2D eigenvalue weighted by Gasteiger charge is -2.27. The summed E-state index contributed by atoms with van der Waals surface area (Å²) in [4.78, 5) is 36.2. The molecule has 1 aliphatic carbocycles. The molecule has 4 rings (SSSR count). The molecule has 8 nitrogen and oxygen atoms in total. The number of amides is 2. The maximum Gasteiger partial charge on any atom is 0.408 e. The zero-order valence-corrected chi connectivity index (χ0v) is 19.0. The second-order valence-electron chi connectivity index (χ2n) is 8.80. The fourth-order valence-corrected chi connectivity index (χ4v) is 4.68. The Morgan fingerprint density at radius 3 is 2.29 bits per heavy atom. The molecular weight excluding hydrogens is 436 g/mol. The first kappa shape index (κ1) is 23.8. The lowest BCUT2D eigenvalue weighted by Crippen LogP contribution is -2.59. The van der Waals surface area contributed by atoms with E-state index >= 15 is 0 Å². The molecule has 0 radical (unpaired) electrons. The largest absolute Gasteiger partial charge is 0.481 e. The molecule has 0 spiro atoms. The van der Waals surface area contributed by atoms with E-state index in [-0.39, 0.29) is 31.5 Å². The summed E-state index contributed by atoms with van der Waals surface area (Å²) in [6, 6.07) is 16.2. The van der Waals surface area contributed by atoms with Gasteiger partial charge in [0.2, 0.25) is 5.91 Å². The fraction of sp³-hybridized carbons (Fsp3) is 0.423. The van der Waals surface area contributed by atoms with Gasteiger partial charge in [0, 0.05) is 31.9 Å². The van der Waals surface area contributed by atoms with Crippen molar-refractivity contribution in [3.8, 4) is 11.1 Å². The summed E-state index contributed by atoms with van der Waals surface area (Å²) in [5.74, 6) is -1.19. The van der Waals surface area contributed by atoms with Crippen LogP contribution in [-0.2, 0) is 19.1 Å². The monoisotopic (exact) mass is 466 g/mol. The van der Waals surface area contributed by atoms with Crippen molar-refractivity contribution in [1.82, 2.24) is 10.6 Å². The molecular formula is C26H30N2O6. The van der Waals surface area contributed by atoms with Gasteiger partial charge in [-0.05, 0) is 35.1 Å². The average Bonchev–Trinajstić information content (AvgIpc) is 3.43. The highest BCUT2D eigenvalue weighted by Gasteiger charge is 2.44. The summed E-state index contributed by atoms with van der Waals surface area (Å²) in [7, 11) is 0. The van der Waals surface area contributed by atoms with Gasteiger partial charge in [-0.25, -0.2) is 4.79 Å². The topological polar surface area (TPSA) is 114 Å². The lowest BCUT2D eigenvalue weighted by atomic mass is 9.97. The smallest absolute Gasteiger partial charge is 0.408 e. The Labute approximate surface area is 198 Å². The Bertz CT molecular complexity index is 1000. The minimum absolute atomic E-state index is 0.0615. The summed E-state index contributed by atoms with van der Waals surface area (Å²) in [5.41, 5.74) is 3.38. The zero-order valence-electron chi connectivity index (χ0n) is 19.0. The molecule has 1 fully saturated rings. The van der Waals surface area contributed by atoms with Crippen LogP contribution in [0.2, 0.25) is 0 Å². The first-order valence-electron chi connectivity index (χ1n) is 11.7. The molecule has 0 aromatic heterocycles. The zero-order chi connectivity index (χ0) is 24.0. The van der Waals surface area contributed by atoms with E-state index in [4.69, 9.17) is 14.6 Å². The van der Waals surface area contributed by atoms with Gasteiger partial charge in [0.1, 0.15) is 12.1 Å². The number of carboxylic acid groups (broad SMARTS) is 1. The normalized spacial score (nSPS) is 18.7. The van der Waals surface area contributed by atoms with Gasteiger partial charge in [0.25, 0.3) is 0 Å². The highest BCUT2D eigenvalue weighted by atomic mass is 16.6. The molecule has 1 heterocycles. The van der Waals surface area contributed by atoms with Crippen molar-refractivity contribution in [3.63, 3.8) is 0 Å². The number of fused-ring (bicyclic) bond motifs is 3. The Morgan fingerprint density at radius 1 is 1.00 bits per heavy atom. The van der Waals surface area contributed by atoms with Crippen LogP contribution in [0.3, 0.4) is 0 Å². The molecule has 2 aliphatic rings. The minimum Gasteiger partial charge on any atom is -0.481 e. The summed E-state index contributed by atoms with van der Waals surface area (Å²) in [6.07, 6.45) is 1.77. The minimum atomic E-state index is -1.16. The van der Waals surface area contributed by atoms with Gasteiger partial charge < -0.3 is 25.2 Å². The second-order valence-corrected chi connectivity index (χ2v) is 8.80. The van der Waals surface area contributed by atoms with Crippen LogP contribution in [-0.4, -0.2) is 55.0 Å². The van der Waals surface area contributed by atoms with Crippen LogP contribution < -0.4 is 10.6 Å². The first-order chi connectivity index (χ1) is 16.5. The number of alkyl carbamates (subject to hydrolysis) is 1. The van der Waals surface area contributed by atoms with Gasteiger partial charge in [-0.2, -0.15) is 0 Å². The number of carbonyl (C=O) groups excluding carboxylic acids is 2. The van der Waals surface area contributed by atoms with E-state index in [9.17, 15) is 14.4 Å². The van der Waals surface area contributed by atoms with Crippen LogP contribution in [0.5, 0.6) is 0 Å². The maximum atomic E-state index is 12.9. The molecule has 0 bridgehead atoms. The van der Waals surface area contributed by atoms with Gasteiger partial charge in [-0.15, -0.1) is 0 Å². The molecule has 1 unspecified atom stereocenters.